The SMILES string of the molecule is O=C(CN1CCC2(CCN(Cc3ccccc3)CC2)C1)NCC(=O)Nc1ccccc1Br. The Balaban J connectivity index is 1.17. The summed E-state index contributed by atoms with van der Waals surface area (Å²) in [4.78, 5) is 29.3. The van der Waals surface area contributed by atoms with Gasteiger partial charge >= 0.3 is 0 Å². The molecule has 2 heterocycles. The van der Waals surface area contributed by atoms with Gasteiger partial charge in [-0.1, -0.05) is 42.5 Å². The van der Waals surface area contributed by atoms with Gasteiger partial charge in [0.15, 0.2) is 0 Å². The number of carbonyl (C=O) groups excluding carboxylic acids is 2. The number of amides is 2. The van der Waals surface area contributed by atoms with Crippen LogP contribution in [-0.2, 0) is 16.1 Å². The van der Waals surface area contributed by atoms with Crippen molar-refractivity contribution in [3.8, 4) is 0 Å². The summed E-state index contributed by atoms with van der Waals surface area (Å²) in [5, 5.41) is 5.57. The van der Waals surface area contributed by atoms with E-state index in [1.807, 2.05) is 24.3 Å². The number of halogens is 1. The standard InChI is InChI=1S/C25H31BrN4O2/c26-21-8-4-5-9-22(21)28-23(31)16-27-24(32)18-30-15-12-25(19-30)10-13-29(14-11-25)17-20-6-2-1-3-7-20/h1-9H,10-19H2,(H,27,32)(H,28,31). The molecule has 0 unspecified atom stereocenters. The van der Waals surface area contributed by atoms with Crippen molar-refractivity contribution >= 4 is 33.4 Å². The Hall–Kier alpha value is -2.22. The molecule has 0 aliphatic carbocycles. The number of rotatable bonds is 7. The van der Waals surface area contributed by atoms with Crippen LogP contribution in [0, 0.1) is 5.41 Å². The number of hydrogen-bond donors (Lipinski definition) is 2. The highest BCUT2D eigenvalue weighted by Crippen LogP contribution is 2.40. The van der Waals surface area contributed by atoms with Crippen molar-refractivity contribution in [2.24, 2.45) is 5.41 Å². The van der Waals surface area contributed by atoms with E-state index in [2.05, 4.69) is 66.7 Å². The first kappa shape index (κ1) is 23.0. The van der Waals surface area contributed by atoms with Crippen molar-refractivity contribution in [3.63, 3.8) is 0 Å². The van der Waals surface area contributed by atoms with E-state index in [-0.39, 0.29) is 18.4 Å². The molecule has 170 valence electrons. The zero-order valence-electron chi connectivity index (χ0n) is 18.4. The van der Waals surface area contributed by atoms with Crippen LogP contribution in [0.3, 0.4) is 0 Å². The van der Waals surface area contributed by atoms with Gasteiger partial charge < -0.3 is 10.6 Å². The fraction of sp³-hybridized carbons (Fsp3) is 0.440. The van der Waals surface area contributed by atoms with E-state index in [4.69, 9.17) is 0 Å². The summed E-state index contributed by atoms with van der Waals surface area (Å²) in [5.74, 6) is -0.320. The molecule has 0 saturated carbocycles. The molecule has 2 aliphatic heterocycles. The van der Waals surface area contributed by atoms with Gasteiger partial charge in [0.25, 0.3) is 0 Å². The molecule has 4 rings (SSSR count). The Kier molecular flexibility index (Phi) is 7.60. The van der Waals surface area contributed by atoms with Gasteiger partial charge in [0.1, 0.15) is 0 Å². The molecule has 0 radical (unpaired) electrons. The van der Waals surface area contributed by atoms with Crippen LogP contribution in [0.4, 0.5) is 5.69 Å². The first-order valence-electron chi connectivity index (χ1n) is 11.3. The van der Waals surface area contributed by atoms with E-state index in [1.54, 1.807) is 0 Å². The molecule has 32 heavy (non-hydrogen) atoms. The Morgan fingerprint density at radius 3 is 2.25 bits per heavy atom. The van der Waals surface area contributed by atoms with Crippen LogP contribution >= 0.6 is 15.9 Å². The minimum Gasteiger partial charge on any atom is -0.346 e. The van der Waals surface area contributed by atoms with Gasteiger partial charge in [-0.2, -0.15) is 0 Å². The normalized spacial score (nSPS) is 18.5. The van der Waals surface area contributed by atoms with Crippen molar-refractivity contribution in [1.82, 2.24) is 15.1 Å². The van der Waals surface area contributed by atoms with Gasteiger partial charge in [0.2, 0.25) is 11.8 Å². The van der Waals surface area contributed by atoms with Gasteiger partial charge in [0.05, 0.1) is 18.8 Å². The number of para-hydroxylation sites is 1. The molecule has 2 aliphatic rings. The lowest BCUT2D eigenvalue weighted by Crippen LogP contribution is -2.43. The van der Waals surface area contributed by atoms with Crippen molar-refractivity contribution in [3.05, 3.63) is 64.6 Å². The third-order valence-electron chi connectivity index (χ3n) is 6.64. The zero-order valence-corrected chi connectivity index (χ0v) is 19.9. The number of nitrogens with zero attached hydrogens (tertiary/aromatic N) is 2. The van der Waals surface area contributed by atoms with Crippen molar-refractivity contribution < 1.29 is 9.59 Å². The Bertz CT molecular complexity index is 929. The van der Waals surface area contributed by atoms with Gasteiger partial charge in [-0.25, -0.2) is 0 Å². The average Bonchev–Trinajstić information content (AvgIpc) is 3.18. The maximum atomic E-state index is 12.4. The lowest BCUT2D eigenvalue weighted by atomic mass is 9.77. The highest BCUT2D eigenvalue weighted by atomic mass is 79.9. The number of nitrogens with one attached hydrogen (secondary N) is 2. The van der Waals surface area contributed by atoms with Crippen LogP contribution in [0.25, 0.3) is 0 Å². The zero-order chi connectivity index (χ0) is 22.4. The van der Waals surface area contributed by atoms with E-state index >= 15 is 0 Å². The minimum atomic E-state index is -0.228. The van der Waals surface area contributed by atoms with E-state index in [0.29, 0.717) is 17.6 Å². The largest absolute Gasteiger partial charge is 0.346 e. The molecule has 2 fully saturated rings. The number of piperidine rings is 1. The fourth-order valence-corrected chi connectivity index (χ4v) is 5.18. The number of carbonyl (C=O) groups is 2. The number of hydrogen-bond acceptors (Lipinski definition) is 4. The molecule has 7 heteroatoms. The van der Waals surface area contributed by atoms with Gasteiger partial charge in [-0.05, 0) is 77.9 Å². The van der Waals surface area contributed by atoms with E-state index < -0.39 is 0 Å². The van der Waals surface area contributed by atoms with Crippen molar-refractivity contribution in [1.29, 1.82) is 0 Å². The summed E-state index contributed by atoms with van der Waals surface area (Å²) >= 11 is 3.41. The van der Waals surface area contributed by atoms with Crippen LogP contribution in [0.1, 0.15) is 24.8 Å². The van der Waals surface area contributed by atoms with Crippen molar-refractivity contribution in [2.75, 3.05) is 44.6 Å². The van der Waals surface area contributed by atoms with E-state index in [9.17, 15) is 9.59 Å². The number of anilines is 1. The summed E-state index contributed by atoms with van der Waals surface area (Å²) in [6.45, 7) is 5.52. The molecular formula is C25H31BrN4O2. The first-order chi connectivity index (χ1) is 15.5. The molecule has 6 nitrogen and oxygen atoms in total. The van der Waals surface area contributed by atoms with Crippen molar-refractivity contribution in [2.45, 2.75) is 25.8 Å². The second-order valence-electron chi connectivity index (χ2n) is 9.03. The molecule has 2 N–H and O–H groups in total. The minimum absolute atomic E-state index is 0.0202. The predicted octanol–water partition coefficient (Wildman–Crippen LogP) is 3.49. The van der Waals surface area contributed by atoms with Gasteiger partial charge in [-0.3, -0.25) is 19.4 Å². The average molecular weight is 499 g/mol. The monoisotopic (exact) mass is 498 g/mol. The van der Waals surface area contributed by atoms with Crippen LogP contribution in [0.5, 0.6) is 0 Å². The highest BCUT2D eigenvalue weighted by Gasteiger charge is 2.40. The van der Waals surface area contributed by atoms with Crippen LogP contribution in [-0.4, -0.2) is 60.9 Å². The lowest BCUT2D eigenvalue weighted by Gasteiger charge is -2.39. The third-order valence-corrected chi connectivity index (χ3v) is 7.34. The predicted molar refractivity (Wildman–Crippen MR) is 130 cm³/mol. The summed E-state index contributed by atoms with van der Waals surface area (Å²) in [7, 11) is 0. The molecule has 2 aromatic rings. The van der Waals surface area contributed by atoms with Gasteiger partial charge in [-0.15, -0.1) is 0 Å². The molecular weight excluding hydrogens is 468 g/mol. The molecule has 2 saturated heterocycles. The smallest absolute Gasteiger partial charge is 0.243 e. The Labute approximate surface area is 198 Å². The summed E-state index contributed by atoms with van der Waals surface area (Å²) in [6, 6.07) is 18.1. The highest BCUT2D eigenvalue weighted by molar-refractivity contribution is 9.10. The summed E-state index contributed by atoms with van der Waals surface area (Å²) in [6.07, 6.45) is 3.53. The first-order valence-corrected chi connectivity index (χ1v) is 12.1. The Morgan fingerprint density at radius 1 is 0.875 bits per heavy atom. The Morgan fingerprint density at radius 2 is 1.53 bits per heavy atom. The maximum Gasteiger partial charge on any atom is 0.243 e. The van der Waals surface area contributed by atoms with Crippen LogP contribution in [0.15, 0.2) is 59.1 Å². The number of benzene rings is 2. The molecule has 2 aromatic carbocycles. The fourth-order valence-electron chi connectivity index (χ4n) is 4.79. The van der Waals surface area contributed by atoms with Gasteiger partial charge in [0, 0.05) is 17.6 Å². The van der Waals surface area contributed by atoms with Crippen LogP contribution in [0.2, 0.25) is 0 Å². The maximum absolute atomic E-state index is 12.4. The second kappa shape index (κ2) is 10.6. The second-order valence-corrected chi connectivity index (χ2v) is 9.88. The molecule has 0 bridgehead atoms. The molecule has 2 amide bonds. The molecule has 0 atom stereocenters. The third kappa shape index (κ3) is 6.18. The molecule has 0 aromatic heterocycles. The van der Waals surface area contributed by atoms with E-state index in [0.717, 1.165) is 43.6 Å². The number of likely N-dealkylation sites (tertiary alicyclic amines) is 2. The molecule has 1 spiro atoms. The topological polar surface area (TPSA) is 64.7 Å². The summed E-state index contributed by atoms with van der Waals surface area (Å²) in [5.41, 5.74) is 2.41. The lowest BCUT2D eigenvalue weighted by molar-refractivity contribution is -0.125. The van der Waals surface area contributed by atoms with Crippen LogP contribution < -0.4 is 10.6 Å². The quantitative estimate of drug-likeness (QED) is 0.613. The van der Waals surface area contributed by atoms with E-state index in [1.165, 1.54) is 18.4 Å². The summed E-state index contributed by atoms with van der Waals surface area (Å²) < 4.78 is 0.817.